The zero-order valence-corrected chi connectivity index (χ0v) is 11.7. The molecule has 1 unspecified atom stereocenters. The molecule has 0 bridgehead atoms. The van der Waals surface area contributed by atoms with Crippen LogP contribution in [0, 0.1) is 10.1 Å². The molecule has 0 radical (unpaired) electrons. The molecule has 0 saturated heterocycles. The van der Waals surface area contributed by atoms with E-state index in [0.29, 0.717) is 13.2 Å². The quantitative estimate of drug-likeness (QED) is 0.617. The second-order valence-electron chi connectivity index (χ2n) is 4.28. The summed E-state index contributed by atoms with van der Waals surface area (Å²) in [5.74, 6) is -0.396. The Kier molecular flexibility index (Phi) is 5.39. The van der Waals surface area contributed by atoms with Gasteiger partial charge in [-0.15, -0.1) is 0 Å². The number of amides is 1. The summed E-state index contributed by atoms with van der Waals surface area (Å²) in [4.78, 5) is 27.9. The number of aromatic nitrogens is 1. The standard InChI is InChI=1S/C12H18N4O4/c1-4-15(8(2)7-20-3)12(17)9-5-11(13)14-6-10(9)16(18)19/h5-6,8H,4,7H2,1-3H3,(H2,13,14). The van der Waals surface area contributed by atoms with Crippen LogP contribution < -0.4 is 5.73 Å². The van der Waals surface area contributed by atoms with Gasteiger partial charge in [0.15, 0.2) is 0 Å². The van der Waals surface area contributed by atoms with Crippen molar-refractivity contribution < 1.29 is 14.5 Å². The molecular formula is C12H18N4O4. The summed E-state index contributed by atoms with van der Waals surface area (Å²) in [6.07, 6.45) is 0.997. The van der Waals surface area contributed by atoms with Crippen LogP contribution in [0.2, 0.25) is 0 Å². The van der Waals surface area contributed by atoms with E-state index in [1.165, 1.54) is 18.1 Å². The van der Waals surface area contributed by atoms with Crippen LogP contribution in [0.1, 0.15) is 24.2 Å². The summed E-state index contributed by atoms with van der Waals surface area (Å²) in [7, 11) is 1.53. The van der Waals surface area contributed by atoms with Gasteiger partial charge >= 0.3 is 0 Å². The van der Waals surface area contributed by atoms with Crippen molar-refractivity contribution in [2.75, 3.05) is 26.0 Å². The Morgan fingerprint density at radius 1 is 1.65 bits per heavy atom. The van der Waals surface area contributed by atoms with Crippen LogP contribution in [0.4, 0.5) is 11.5 Å². The summed E-state index contributed by atoms with van der Waals surface area (Å²) >= 11 is 0. The molecule has 1 amide bonds. The molecule has 1 atom stereocenters. The van der Waals surface area contributed by atoms with Crippen molar-refractivity contribution in [2.24, 2.45) is 0 Å². The molecule has 1 aromatic rings. The number of hydrogen-bond acceptors (Lipinski definition) is 6. The van der Waals surface area contributed by atoms with Gasteiger partial charge < -0.3 is 15.4 Å². The van der Waals surface area contributed by atoms with Crippen LogP contribution in [0.25, 0.3) is 0 Å². The fourth-order valence-corrected chi connectivity index (χ4v) is 1.92. The highest BCUT2D eigenvalue weighted by Gasteiger charge is 2.27. The summed E-state index contributed by atoms with van der Waals surface area (Å²) in [5, 5.41) is 11.0. The minimum absolute atomic E-state index is 0.0627. The molecule has 0 fully saturated rings. The second-order valence-corrected chi connectivity index (χ2v) is 4.28. The Bertz CT molecular complexity index is 506. The fraction of sp³-hybridized carbons (Fsp3) is 0.500. The number of hydrogen-bond donors (Lipinski definition) is 1. The third-order valence-corrected chi connectivity index (χ3v) is 2.87. The van der Waals surface area contributed by atoms with Crippen LogP contribution in [-0.2, 0) is 4.74 Å². The highest BCUT2D eigenvalue weighted by Crippen LogP contribution is 2.21. The van der Waals surface area contributed by atoms with Crippen molar-refractivity contribution >= 4 is 17.4 Å². The van der Waals surface area contributed by atoms with Gasteiger partial charge in [0.25, 0.3) is 11.6 Å². The molecule has 0 aromatic carbocycles. The van der Waals surface area contributed by atoms with Gasteiger partial charge in [-0.05, 0) is 19.9 Å². The predicted octanol–water partition coefficient (Wildman–Crippen LogP) is 1.07. The molecule has 0 saturated carbocycles. The number of carbonyl (C=O) groups excluding carboxylic acids is 1. The highest BCUT2D eigenvalue weighted by atomic mass is 16.6. The summed E-state index contributed by atoms with van der Waals surface area (Å²) in [6.45, 7) is 4.35. The van der Waals surface area contributed by atoms with Crippen molar-refractivity contribution in [1.29, 1.82) is 0 Å². The van der Waals surface area contributed by atoms with Crippen LogP contribution in [0.15, 0.2) is 12.3 Å². The van der Waals surface area contributed by atoms with E-state index in [-0.39, 0.29) is 23.1 Å². The van der Waals surface area contributed by atoms with E-state index in [1.54, 1.807) is 13.8 Å². The fourth-order valence-electron chi connectivity index (χ4n) is 1.92. The minimum Gasteiger partial charge on any atom is -0.384 e. The number of nitrogen functional groups attached to an aromatic ring is 1. The average molecular weight is 282 g/mol. The van der Waals surface area contributed by atoms with E-state index >= 15 is 0 Å². The van der Waals surface area contributed by atoms with Crippen molar-refractivity contribution in [3.63, 3.8) is 0 Å². The minimum atomic E-state index is -0.644. The van der Waals surface area contributed by atoms with Crippen LogP contribution in [0.5, 0.6) is 0 Å². The molecule has 1 rings (SSSR count). The van der Waals surface area contributed by atoms with Gasteiger partial charge in [0.1, 0.15) is 17.6 Å². The average Bonchev–Trinajstić information content (AvgIpc) is 2.39. The molecule has 0 aliphatic rings. The van der Waals surface area contributed by atoms with Gasteiger partial charge in [0.05, 0.1) is 17.6 Å². The molecular weight excluding hydrogens is 264 g/mol. The van der Waals surface area contributed by atoms with Crippen LogP contribution in [-0.4, -0.2) is 47.0 Å². The van der Waals surface area contributed by atoms with Gasteiger partial charge in [0, 0.05) is 13.7 Å². The molecule has 1 aromatic heterocycles. The summed E-state index contributed by atoms with van der Waals surface area (Å²) in [5.41, 5.74) is 5.10. The summed E-state index contributed by atoms with van der Waals surface area (Å²) < 4.78 is 5.01. The first kappa shape index (κ1) is 15.8. The number of nitrogens with two attached hydrogens (primary N) is 1. The van der Waals surface area contributed by atoms with E-state index < -0.39 is 10.8 Å². The maximum absolute atomic E-state index is 12.5. The van der Waals surface area contributed by atoms with Crippen LogP contribution in [0.3, 0.4) is 0 Å². The number of rotatable bonds is 6. The van der Waals surface area contributed by atoms with Crippen molar-refractivity contribution in [3.05, 3.63) is 27.9 Å². The number of ether oxygens (including phenoxy) is 1. The number of likely N-dealkylation sites (N-methyl/N-ethyl adjacent to an activating group) is 1. The molecule has 0 aliphatic heterocycles. The smallest absolute Gasteiger partial charge is 0.300 e. The van der Waals surface area contributed by atoms with Gasteiger partial charge in [-0.3, -0.25) is 14.9 Å². The SMILES string of the molecule is CCN(C(=O)c1cc(N)ncc1[N+](=O)[O-])C(C)COC. The van der Waals surface area contributed by atoms with E-state index in [9.17, 15) is 14.9 Å². The van der Waals surface area contributed by atoms with E-state index in [4.69, 9.17) is 10.5 Å². The lowest BCUT2D eigenvalue weighted by molar-refractivity contribution is -0.385. The van der Waals surface area contributed by atoms with Gasteiger partial charge in [0.2, 0.25) is 0 Å². The lowest BCUT2D eigenvalue weighted by Crippen LogP contribution is -2.41. The van der Waals surface area contributed by atoms with E-state index in [2.05, 4.69) is 4.98 Å². The van der Waals surface area contributed by atoms with Gasteiger partial charge in [-0.1, -0.05) is 0 Å². The third kappa shape index (κ3) is 3.41. The zero-order valence-electron chi connectivity index (χ0n) is 11.7. The number of anilines is 1. The molecule has 2 N–H and O–H groups in total. The maximum Gasteiger partial charge on any atom is 0.300 e. The van der Waals surface area contributed by atoms with E-state index in [0.717, 1.165) is 6.20 Å². The largest absolute Gasteiger partial charge is 0.384 e. The zero-order chi connectivity index (χ0) is 15.3. The van der Waals surface area contributed by atoms with E-state index in [1.807, 2.05) is 0 Å². The Hall–Kier alpha value is -2.22. The number of methoxy groups -OCH3 is 1. The first-order valence-electron chi connectivity index (χ1n) is 6.12. The van der Waals surface area contributed by atoms with Crippen LogP contribution >= 0.6 is 0 Å². The lowest BCUT2D eigenvalue weighted by Gasteiger charge is -2.27. The Morgan fingerprint density at radius 2 is 2.30 bits per heavy atom. The maximum atomic E-state index is 12.5. The Morgan fingerprint density at radius 3 is 2.80 bits per heavy atom. The highest BCUT2D eigenvalue weighted by molar-refractivity contribution is 5.98. The lowest BCUT2D eigenvalue weighted by atomic mass is 10.1. The predicted molar refractivity (Wildman–Crippen MR) is 73.4 cm³/mol. The number of nitro groups is 1. The normalized spacial score (nSPS) is 11.9. The van der Waals surface area contributed by atoms with Crippen molar-refractivity contribution in [1.82, 2.24) is 9.88 Å². The third-order valence-electron chi connectivity index (χ3n) is 2.87. The van der Waals surface area contributed by atoms with Gasteiger partial charge in [-0.25, -0.2) is 4.98 Å². The molecule has 20 heavy (non-hydrogen) atoms. The topological polar surface area (TPSA) is 112 Å². The summed E-state index contributed by atoms with van der Waals surface area (Å²) in [6, 6.07) is 1.02. The van der Waals surface area contributed by atoms with Crippen molar-refractivity contribution in [3.8, 4) is 0 Å². The number of nitrogens with zero attached hydrogens (tertiary/aromatic N) is 3. The Balaban J connectivity index is 3.18. The first-order chi connectivity index (χ1) is 9.42. The first-order valence-corrected chi connectivity index (χ1v) is 6.12. The number of pyridine rings is 1. The van der Waals surface area contributed by atoms with Crippen molar-refractivity contribution in [2.45, 2.75) is 19.9 Å². The molecule has 110 valence electrons. The number of carbonyl (C=O) groups is 1. The molecule has 8 nitrogen and oxygen atoms in total. The molecule has 0 spiro atoms. The monoisotopic (exact) mass is 282 g/mol. The molecule has 0 aliphatic carbocycles. The Labute approximate surface area is 116 Å². The molecule has 8 heteroatoms. The second kappa shape index (κ2) is 6.80. The molecule has 1 heterocycles. The van der Waals surface area contributed by atoms with Gasteiger partial charge in [-0.2, -0.15) is 0 Å².